The lowest BCUT2D eigenvalue weighted by atomic mass is 10.0. The molecule has 1 saturated heterocycles. The number of guanidine groups is 1. The molecule has 1 unspecified atom stereocenters. The fourth-order valence-electron chi connectivity index (χ4n) is 3.79. The van der Waals surface area contributed by atoms with Gasteiger partial charge in [0.25, 0.3) is 0 Å². The number of morpholine rings is 1. The number of nitrogens with zero attached hydrogens (tertiary/aromatic N) is 4. The molecule has 0 amide bonds. The Hall–Kier alpha value is -2.38. The van der Waals surface area contributed by atoms with Gasteiger partial charge in [-0.2, -0.15) is 5.10 Å². The SMILES string of the molecule is CN=C(NCc1c(C)nn(C)c1C)NCC(c1ccc(C)cc1)N1CCOCC1. The molecule has 2 heterocycles. The molecule has 3 rings (SSSR count). The van der Waals surface area contributed by atoms with E-state index in [2.05, 4.69) is 63.7 Å². The van der Waals surface area contributed by atoms with Gasteiger partial charge in [0.05, 0.1) is 24.9 Å². The lowest BCUT2D eigenvalue weighted by Gasteiger charge is -2.35. The van der Waals surface area contributed by atoms with E-state index in [1.807, 2.05) is 25.7 Å². The Labute approximate surface area is 174 Å². The minimum Gasteiger partial charge on any atom is -0.379 e. The van der Waals surface area contributed by atoms with Gasteiger partial charge in [0.2, 0.25) is 0 Å². The highest BCUT2D eigenvalue weighted by atomic mass is 16.5. The Morgan fingerprint density at radius 1 is 1.14 bits per heavy atom. The molecule has 1 fully saturated rings. The highest BCUT2D eigenvalue weighted by Crippen LogP contribution is 2.22. The average Bonchev–Trinajstić information content (AvgIpc) is 2.98. The summed E-state index contributed by atoms with van der Waals surface area (Å²) in [5.74, 6) is 0.804. The maximum absolute atomic E-state index is 5.56. The highest BCUT2D eigenvalue weighted by molar-refractivity contribution is 5.79. The molecule has 7 heteroatoms. The molecule has 0 radical (unpaired) electrons. The fourth-order valence-corrected chi connectivity index (χ4v) is 3.79. The molecule has 1 aromatic heterocycles. The van der Waals surface area contributed by atoms with Crippen LogP contribution in [-0.4, -0.2) is 60.5 Å². The van der Waals surface area contributed by atoms with E-state index >= 15 is 0 Å². The second kappa shape index (κ2) is 9.89. The Kier molecular flexibility index (Phi) is 7.28. The third kappa shape index (κ3) is 5.36. The van der Waals surface area contributed by atoms with Gasteiger partial charge in [-0.25, -0.2) is 0 Å². The number of aliphatic imine (C=N–C) groups is 1. The number of hydrogen-bond donors (Lipinski definition) is 2. The Balaban J connectivity index is 1.65. The van der Waals surface area contributed by atoms with Crippen LogP contribution in [0.2, 0.25) is 0 Å². The Bertz CT molecular complexity index is 821. The van der Waals surface area contributed by atoms with Crippen molar-refractivity contribution in [1.29, 1.82) is 0 Å². The molecule has 1 aromatic carbocycles. The summed E-state index contributed by atoms with van der Waals surface area (Å²) in [6.45, 7) is 11.2. The van der Waals surface area contributed by atoms with E-state index in [9.17, 15) is 0 Å². The quantitative estimate of drug-likeness (QED) is 0.576. The second-order valence-corrected chi connectivity index (χ2v) is 7.65. The van der Waals surface area contributed by atoms with Crippen LogP contribution in [0.25, 0.3) is 0 Å². The number of aromatic nitrogens is 2. The van der Waals surface area contributed by atoms with Crippen molar-refractivity contribution in [3.8, 4) is 0 Å². The lowest BCUT2D eigenvalue weighted by molar-refractivity contribution is 0.0170. The van der Waals surface area contributed by atoms with Gasteiger partial charge in [0.1, 0.15) is 0 Å². The van der Waals surface area contributed by atoms with Crippen molar-refractivity contribution in [2.75, 3.05) is 39.9 Å². The van der Waals surface area contributed by atoms with Crippen LogP contribution in [-0.2, 0) is 18.3 Å². The van der Waals surface area contributed by atoms with Gasteiger partial charge >= 0.3 is 0 Å². The summed E-state index contributed by atoms with van der Waals surface area (Å²) in [5.41, 5.74) is 6.05. The lowest BCUT2D eigenvalue weighted by Crippen LogP contribution is -2.46. The molecule has 1 atom stereocenters. The summed E-state index contributed by atoms with van der Waals surface area (Å²) in [6, 6.07) is 9.11. The average molecular weight is 399 g/mol. The third-order valence-electron chi connectivity index (χ3n) is 5.73. The van der Waals surface area contributed by atoms with Crippen LogP contribution in [0.3, 0.4) is 0 Å². The minimum absolute atomic E-state index is 0.278. The smallest absolute Gasteiger partial charge is 0.191 e. The number of benzene rings is 1. The van der Waals surface area contributed by atoms with Crippen LogP contribution < -0.4 is 10.6 Å². The molecule has 0 aliphatic carbocycles. The molecular weight excluding hydrogens is 364 g/mol. The number of ether oxygens (including phenoxy) is 1. The summed E-state index contributed by atoms with van der Waals surface area (Å²) >= 11 is 0. The van der Waals surface area contributed by atoms with Gasteiger partial charge in [-0.3, -0.25) is 14.6 Å². The molecule has 158 valence electrons. The predicted molar refractivity (Wildman–Crippen MR) is 117 cm³/mol. The summed E-state index contributed by atoms with van der Waals surface area (Å²) in [5, 5.41) is 11.5. The van der Waals surface area contributed by atoms with Crippen molar-refractivity contribution >= 4 is 5.96 Å². The monoisotopic (exact) mass is 398 g/mol. The predicted octanol–water partition coefficient (Wildman–Crippen LogP) is 2.08. The molecule has 0 spiro atoms. The minimum atomic E-state index is 0.278. The largest absolute Gasteiger partial charge is 0.379 e. The van der Waals surface area contributed by atoms with E-state index in [1.54, 1.807) is 0 Å². The first-order valence-corrected chi connectivity index (χ1v) is 10.3. The topological polar surface area (TPSA) is 66.7 Å². The zero-order valence-electron chi connectivity index (χ0n) is 18.3. The van der Waals surface area contributed by atoms with Gasteiger partial charge in [-0.15, -0.1) is 0 Å². The van der Waals surface area contributed by atoms with Crippen LogP contribution in [0.5, 0.6) is 0 Å². The van der Waals surface area contributed by atoms with Crippen molar-refractivity contribution in [2.24, 2.45) is 12.0 Å². The van der Waals surface area contributed by atoms with E-state index in [0.717, 1.165) is 44.5 Å². The van der Waals surface area contributed by atoms with Gasteiger partial charge in [-0.1, -0.05) is 29.8 Å². The van der Waals surface area contributed by atoms with Crippen molar-refractivity contribution in [3.05, 3.63) is 52.3 Å². The zero-order chi connectivity index (χ0) is 20.8. The normalized spacial score (nSPS) is 16.7. The van der Waals surface area contributed by atoms with E-state index in [1.165, 1.54) is 22.4 Å². The molecule has 1 aliphatic rings. The van der Waals surface area contributed by atoms with Gasteiger partial charge in [-0.05, 0) is 26.3 Å². The number of aryl methyl sites for hydroxylation is 3. The first kappa shape index (κ1) is 21.3. The summed E-state index contributed by atoms with van der Waals surface area (Å²) < 4.78 is 7.48. The molecular formula is C22H34N6O. The Morgan fingerprint density at radius 2 is 1.83 bits per heavy atom. The first-order chi connectivity index (χ1) is 14.0. The van der Waals surface area contributed by atoms with Crippen molar-refractivity contribution < 1.29 is 4.74 Å². The first-order valence-electron chi connectivity index (χ1n) is 10.3. The van der Waals surface area contributed by atoms with Crippen LogP contribution in [0.1, 0.15) is 34.1 Å². The molecule has 0 bridgehead atoms. The maximum Gasteiger partial charge on any atom is 0.191 e. The fraction of sp³-hybridized carbons (Fsp3) is 0.545. The van der Waals surface area contributed by atoms with Gasteiger partial charge in [0.15, 0.2) is 5.96 Å². The van der Waals surface area contributed by atoms with Crippen LogP contribution in [0.4, 0.5) is 0 Å². The molecule has 2 aromatic rings. The standard InChI is InChI=1S/C22H34N6O/c1-16-6-8-19(9-7-16)21(28-10-12-29-13-11-28)15-25-22(23-4)24-14-20-17(2)26-27(5)18(20)3/h6-9,21H,10-15H2,1-5H3,(H2,23,24,25). The van der Waals surface area contributed by atoms with Crippen molar-refractivity contribution in [3.63, 3.8) is 0 Å². The molecule has 29 heavy (non-hydrogen) atoms. The van der Waals surface area contributed by atoms with E-state index in [4.69, 9.17) is 4.74 Å². The highest BCUT2D eigenvalue weighted by Gasteiger charge is 2.23. The van der Waals surface area contributed by atoms with Crippen LogP contribution in [0.15, 0.2) is 29.3 Å². The molecule has 0 saturated carbocycles. The zero-order valence-corrected chi connectivity index (χ0v) is 18.3. The molecule has 1 aliphatic heterocycles. The van der Waals surface area contributed by atoms with Crippen LogP contribution in [0, 0.1) is 20.8 Å². The Morgan fingerprint density at radius 3 is 2.41 bits per heavy atom. The number of hydrogen-bond acceptors (Lipinski definition) is 4. The summed E-state index contributed by atoms with van der Waals surface area (Å²) in [6.07, 6.45) is 0. The van der Waals surface area contributed by atoms with E-state index < -0.39 is 0 Å². The summed E-state index contributed by atoms with van der Waals surface area (Å²) in [7, 11) is 3.79. The van der Waals surface area contributed by atoms with Crippen molar-refractivity contribution in [1.82, 2.24) is 25.3 Å². The van der Waals surface area contributed by atoms with Gasteiger partial charge < -0.3 is 15.4 Å². The van der Waals surface area contributed by atoms with E-state index in [-0.39, 0.29) is 6.04 Å². The number of rotatable bonds is 6. The molecule has 2 N–H and O–H groups in total. The van der Waals surface area contributed by atoms with Crippen molar-refractivity contribution in [2.45, 2.75) is 33.4 Å². The van der Waals surface area contributed by atoms with Gasteiger partial charge in [0, 0.05) is 51.5 Å². The maximum atomic E-state index is 5.56. The van der Waals surface area contributed by atoms with E-state index in [0.29, 0.717) is 6.54 Å². The number of nitrogens with one attached hydrogen (secondary N) is 2. The summed E-state index contributed by atoms with van der Waals surface area (Å²) in [4.78, 5) is 6.91. The van der Waals surface area contributed by atoms with Crippen LogP contribution >= 0.6 is 0 Å². The third-order valence-corrected chi connectivity index (χ3v) is 5.73. The molecule has 7 nitrogen and oxygen atoms in total. The second-order valence-electron chi connectivity index (χ2n) is 7.65.